The minimum Gasteiger partial charge on any atom is -0.325 e. The summed E-state index contributed by atoms with van der Waals surface area (Å²) in [7, 11) is 0. The Morgan fingerprint density at radius 2 is 1.61 bits per heavy atom. The van der Waals surface area contributed by atoms with Crippen LogP contribution in [0.4, 0.5) is 10.5 Å². The van der Waals surface area contributed by atoms with Gasteiger partial charge in [0.15, 0.2) is 0 Å². The van der Waals surface area contributed by atoms with Crippen LogP contribution >= 0.6 is 0 Å². The number of hydrogen-bond donors (Lipinski definition) is 0. The summed E-state index contributed by atoms with van der Waals surface area (Å²) in [5.74, 6) is 0. The van der Waals surface area contributed by atoms with Crippen molar-refractivity contribution in [3.05, 3.63) is 77.4 Å². The molecule has 0 atom stereocenters. The van der Waals surface area contributed by atoms with Gasteiger partial charge >= 0.3 is 6.03 Å². The third-order valence-corrected chi connectivity index (χ3v) is 5.56. The number of fused-ring (bicyclic) bond motifs is 2. The molecule has 28 heavy (non-hydrogen) atoms. The number of amides is 2. The zero-order valence-corrected chi connectivity index (χ0v) is 16.6. The molecular formula is C25H26N2O. The van der Waals surface area contributed by atoms with E-state index in [1.165, 1.54) is 21.9 Å². The van der Waals surface area contributed by atoms with Gasteiger partial charge in [-0.3, -0.25) is 4.90 Å². The molecule has 142 valence electrons. The van der Waals surface area contributed by atoms with Crippen molar-refractivity contribution in [3.63, 3.8) is 0 Å². The molecule has 0 unspecified atom stereocenters. The number of urea groups is 1. The molecule has 3 nitrogen and oxygen atoms in total. The highest BCUT2D eigenvalue weighted by molar-refractivity contribution is 5.99. The lowest BCUT2D eigenvalue weighted by Gasteiger charge is -2.27. The monoisotopic (exact) mass is 370 g/mol. The molecule has 0 fully saturated rings. The van der Waals surface area contributed by atoms with Gasteiger partial charge in [0, 0.05) is 19.6 Å². The Bertz CT molecular complexity index is 1030. The van der Waals surface area contributed by atoms with E-state index in [9.17, 15) is 4.79 Å². The molecular weight excluding hydrogens is 344 g/mol. The molecule has 0 saturated heterocycles. The van der Waals surface area contributed by atoms with Crippen molar-refractivity contribution < 1.29 is 4.79 Å². The van der Waals surface area contributed by atoms with Gasteiger partial charge in [-0.1, -0.05) is 72.8 Å². The topological polar surface area (TPSA) is 23.6 Å². The van der Waals surface area contributed by atoms with Crippen molar-refractivity contribution in [2.75, 3.05) is 24.5 Å². The lowest BCUT2D eigenvalue weighted by atomic mass is 10.0. The van der Waals surface area contributed by atoms with Gasteiger partial charge in [-0.25, -0.2) is 4.79 Å². The van der Waals surface area contributed by atoms with Crippen LogP contribution in [0.15, 0.2) is 60.7 Å². The highest BCUT2D eigenvalue weighted by atomic mass is 16.2. The number of rotatable bonds is 4. The van der Waals surface area contributed by atoms with E-state index in [1.807, 2.05) is 23.6 Å². The van der Waals surface area contributed by atoms with Crippen LogP contribution in [0.1, 0.15) is 30.5 Å². The molecule has 1 aliphatic rings. The maximum atomic E-state index is 13.0. The first kappa shape index (κ1) is 18.3. The van der Waals surface area contributed by atoms with Gasteiger partial charge in [-0.05, 0) is 47.7 Å². The largest absolute Gasteiger partial charge is 0.325 e. The summed E-state index contributed by atoms with van der Waals surface area (Å²) in [5.41, 5.74) is 4.61. The van der Waals surface area contributed by atoms with Crippen LogP contribution in [-0.4, -0.2) is 30.6 Å². The minimum atomic E-state index is 0.106. The van der Waals surface area contributed by atoms with Crippen LogP contribution in [-0.2, 0) is 6.42 Å². The lowest BCUT2D eigenvalue weighted by Crippen LogP contribution is -2.42. The van der Waals surface area contributed by atoms with Gasteiger partial charge in [-0.2, -0.15) is 0 Å². The van der Waals surface area contributed by atoms with Crippen molar-refractivity contribution in [3.8, 4) is 0 Å². The van der Waals surface area contributed by atoms with Crippen LogP contribution in [0.2, 0.25) is 0 Å². The van der Waals surface area contributed by atoms with E-state index in [0.717, 1.165) is 37.3 Å². The van der Waals surface area contributed by atoms with Gasteiger partial charge in [-0.15, -0.1) is 0 Å². The molecule has 3 heteroatoms. The first-order valence-electron chi connectivity index (χ1n) is 10.1. The summed E-state index contributed by atoms with van der Waals surface area (Å²) < 4.78 is 0. The van der Waals surface area contributed by atoms with Crippen LogP contribution < -0.4 is 4.90 Å². The highest BCUT2D eigenvalue weighted by Gasteiger charge is 2.28. The van der Waals surface area contributed by atoms with Crippen LogP contribution in [0.3, 0.4) is 0 Å². The van der Waals surface area contributed by atoms with E-state index >= 15 is 0 Å². The number of benzene rings is 3. The third-order valence-electron chi connectivity index (χ3n) is 5.56. The van der Waals surface area contributed by atoms with Crippen molar-refractivity contribution >= 4 is 34.6 Å². The summed E-state index contributed by atoms with van der Waals surface area (Å²) in [6.45, 7) is 6.28. The Balaban J connectivity index is 1.71. The Morgan fingerprint density at radius 1 is 0.929 bits per heavy atom. The summed E-state index contributed by atoms with van der Waals surface area (Å²) in [6.07, 6.45) is 5.23. The second kappa shape index (κ2) is 7.89. The molecule has 0 bridgehead atoms. The molecule has 4 rings (SSSR count). The van der Waals surface area contributed by atoms with E-state index in [2.05, 4.69) is 72.8 Å². The Kier molecular flexibility index (Phi) is 5.16. The first-order valence-corrected chi connectivity index (χ1v) is 10.1. The molecule has 0 N–H and O–H groups in total. The third kappa shape index (κ3) is 3.29. The molecule has 0 aliphatic carbocycles. The van der Waals surface area contributed by atoms with Gasteiger partial charge in [0.05, 0.1) is 5.69 Å². The summed E-state index contributed by atoms with van der Waals surface area (Å²) >= 11 is 0. The average Bonchev–Trinajstić information content (AvgIpc) is 3.18. The molecule has 1 heterocycles. The molecule has 3 aromatic carbocycles. The Hall–Kier alpha value is -3.07. The predicted molar refractivity (Wildman–Crippen MR) is 119 cm³/mol. The van der Waals surface area contributed by atoms with Crippen molar-refractivity contribution in [1.29, 1.82) is 0 Å². The summed E-state index contributed by atoms with van der Waals surface area (Å²) in [4.78, 5) is 16.8. The fraction of sp³-hybridized carbons (Fsp3) is 0.240. The van der Waals surface area contributed by atoms with E-state index in [1.54, 1.807) is 0 Å². The quantitative estimate of drug-likeness (QED) is 0.530. The summed E-state index contributed by atoms with van der Waals surface area (Å²) in [5, 5.41) is 2.48. The van der Waals surface area contributed by atoms with Crippen LogP contribution in [0, 0.1) is 0 Å². The molecule has 0 radical (unpaired) electrons. The zero-order valence-electron chi connectivity index (χ0n) is 16.6. The molecule has 2 amide bonds. The number of carbonyl (C=O) groups excluding carboxylic acids is 1. The maximum Gasteiger partial charge on any atom is 0.324 e. The normalized spacial score (nSPS) is 13.3. The first-order chi connectivity index (χ1) is 13.7. The van der Waals surface area contributed by atoms with Crippen LogP contribution in [0.5, 0.6) is 0 Å². The highest BCUT2D eigenvalue weighted by Crippen LogP contribution is 2.34. The van der Waals surface area contributed by atoms with E-state index in [-0.39, 0.29) is 6.03 Å². The molecule has 0 saturated carbocycles. The van der Waals surface area contributed by atoms with Crippen molar-refractivity contribution in [1.82, 2.24) is 4.90 Å². The van der Waals surface area contributed by atoms with Gasteiger partial charge in [0.25, 0.3) is 0 Å². The van der Waals surface area contributed by atoms with Gasteiger partial charge < -0.3 is 4.90 Å². The number of para-hydroxylation sites is 1. The molecule has 1 aliphatic heterocycles. The Morgan fingerprint density at radius 3 is 2.43 bits per heavy atom. The molecule has 0 aromatic heterocycles. The number of hydrogen-bond acceptors (Lipinski definition) is 1. The van der Waals surface area contributed by atoms with E-state index in [4.69, 9.17) is 0 Å². The van der Waals surface area contributed by atoms with E-state index in [0.29, 0.717) is 0 Å². The Labute approximate surface area is 166 Å². The molecule has 3 aromatic rings. The fourth-order valence-electron chi connectivity index (χ4n) is 4.05. The lowest BCUT2D eigenvalue weighted by molar-refractivity contribution is 0.210. The smallest absolute Gasteiger partial charge is 0.324 e. The van der Waals surface area contributed by atoms with Crippen molar-refractivity contribution in [2.24, 2.45) is 0 Å². The SMILES string of the molecule is CCN(CC)C(=O)N1CCc2cccc(/C=C/c3cccc4ccccc34)c21. The fourth-order valence-corrected chi connectivity index (χ4v) is 4.05. The predicted octanol–water partition coefficient (Wildman–Crippen LogP) is 5.83. The maximum absolute atomic E-state index is 13.0. The van der Waals surface area contributed by atoms with Crippen molar-refractivity contribution in [2.45, 2.75) is 20.3 Å². The summed E-state index contributed by atoms with van der Waals surface area (Å²) in [6, 6.07) is 21.2. The van der Waals surface area contributed by atoms with Gasteiger partial charge in [0.1, 0.15) is 0 Å². The zero-order chi connectivity index (χ0) is 19.5. The van der Waals surface area contributed by atoms with Crippen LogP contribution in [0.25, 0.3) is 22.9 Å². The number of carbonyl (C=O) groups is 1. The van der Waals surface area contributed by atoms with Gasteiger partial charge in [0.2, 0.25) is 0 Å². The number of anilines is 1. The standard InChI is InChI=1S/C25H26N2O/c1-3-26(4-2)25(28)27-18-17-22-13-8-12-21(24(22)27)16-15-20-11-7-10-19-9-5-6-14-23(19)20/h5-16H,3-4,17-18H2,1-2H3/b16-15+. The molecule has 0 spiro atoms. The number of nitrogens with zero attached hydrogens (tertiary/aromatic N) is 2. The second-order valence-electron chi connectivity index (χ2n) is 7.11. The second-order valence-corrected chi connectivity index (χ2v) is 7.11. The minimum absolute atomic E-state index is 0.106. The average molecular weight is 370 g/mol. The van der Waals surface area contributed by atoms with E-state index < -0.39 is 0 Å².